The number of aromatic nitrogens is 3. The van der Waals surface area contributed by atoms with E-state index in [0.717, 1.165) is 24.1 Å². The van der Waals surface area contributed by atoms with E-state index >= 15 is 0 Å². The van der Waals surface area contributed by atoms with E-state index in [9.17, 15) is 9.59 Å². The molecular weight excluding hydrogens is 384 g/mol. The molecule has 2 aromatic rings. The number of piperidine rings is 1. The number of ether oxygens (including phenoxy) is 2. The zero-order valence-corrected chi connectivity index (χ0v) is 18.7. The lowest BCUT2D eigenvalue weighted by atomic mass is 10.1. The first kappa shape index (κ1) is 21.9. The van der Waals surface area contributed by atoms with Crippen molar-refractivity contribution in [3.05, 3.63) is 30.7 Å². The third-order valence-electron chi connectivity index (χ3n) is 4.73. The number of carbonyl (C=O) groups excluding carboxylic acids is 2. The first-order valence-corrected chi connectivity index (χ1v) is 10.4. The number of amides is 1. The highest BCUT2D eigenvalue weighted by Crippen LogP contribution is 2.27. The van der Waals surface area contributed by atoms with Crippen molar-refractivity contribution in [2.75, 3.05) is 13.1 Å². The van der Waals surface area contributed by atoms with Crippen LogP contribution in [0.3, 0.4) is 0 Å². The van der Waals surface area contributed by atoms with Gasteiger partial charge in [-0.2, -0.15) is 5.10 Å². The van der Waals surface area contributed by atoms with Crippen molar-refractivity contribution in [3.8, 4) is 11.3 Å². The summed E-state index contributed by atoms with van der Waals surface area (Å²) in [7, 11) is 0. The van der Waals surface area contributed by atoms with Crippen LogP contribution in [0.25, 0.3) is 11.3 Å². The minimum atomic E-state index is -0.565. The second-order valence-electron chi connectivity index (χ2n) is 9.65. The van der Waals surface area contributed by atoms with Gasteiger partial charge >= 0.3 is 12.2 Å². The summed E-state index contributed by atoms with van der Waals surface area (Å²) in [6, 6.07) is 3.88. The van der Waals surface area contributed by atoms with Crippen LogP contribution in [-0.2, 0) is 9.47 Å². The highest BCUT2D eigenvalue weighted by molar-refractivity contribution is 5.78. The average molecular weight is 417 g/mol. The van der Waals surface area contributed by atoms with E-state index in [-0.39, 0.29) is 12.1 Å². The zero-order chi connectivity index (χ0) is 22.1. The van der Waals surface area contributed by atoms with Crippen molar-refractivity contribution < 1.29 is 19.1 Å². The molecule has 1 aliphatic rings. The molecule has 8 nitrogen and oxygen atoms in total. The highest BCUT2D eigenvalue weighted by atomic mass is 16.6. The summed E-state index contributed by atoms with van der Waals surface area (Å²) in [5.74, 6) is 0. The van der Waals surface area contributed by atoms with E-state index in [2.05, 4.69) is 5.10 Å². The van der Waals surface area contributed by atoms with Crippen molar-refractivity contribution in [3.63, 3.8) is 0 Å². The summed E-state index contributed by atoms with van der Waals surface area (Å²) in [6.07, 6.45) is 6.32. The fourth-order valence-corrected chi connectivity index (χ4v) is 3.40. The smallest absolute Gasteiger partial charge is 0.418 e. The summed E-state index contributed by atoms with van der Waals surface area (Å²) >= 11 is 0. The van der Waals surface area contributed by atoms with E-state index < -0.39 is 17.3 Å². The Morgan fingerprint density at radius 3 is 2.20 bits per heavy atom. The van der Waals surface area contributed by atoms with Crippen LogP contribution >= 0.6 is 0 Å². The van der Waals surface area contributed by atoms with Gasteiger partial charge in [0.1, 0.15) is 11.2 Å². The molecule has 0 radical (unpaired) electrons. The molecule has 1 saturated heterocycles. The Morgan fingerprint density at radius 1 is 1.00 bits per heavy atom. The summed E-state index contributed by atoms with van der Waals surface area (Å²) in [5.41, 5.74) is 0.529. The van der Waals surface area contributed by atoms with Gasteiger partial charge in [0.25, 0.3) is 0 Å². The van der Waals surface area contributed by atoms with Crippen LogP contribution in [0.4, 0.5) is 9.59 Å². The zero-order valence-electron chi connectivity index (χ0n) is 18.7. The van der Waals surface area contributed by atoms with E-state index in [1.165, 1.54) is 4.57 Å². The first-order valence-electron chi connectivity index (χ1n) is 10.4. The van der Waals surface area contributed by atoms with Crippen LogP contribution in [0.15, 0.2) is 30.7 Å². The van der Waals surface area contributed by atoms with Crippen LogP contribution in [0, 0.1) is 0 Å². The molecule has 1 amide bonds. The van der Waals surface area contributed by atoms with Crippen molar-refractivity contribution in [2.24, 2.45) is 0 Å². The van der Waals surface area contributed by atoms with Gasteiger partial charge in [-0.15, -0.1) is 0 Å². The Hall–Kier alpha value is -2.77. The van der Waals surface area contributed by atoms with Gasteiger partial charge in [0, 0.05) is 31.0 Å². The molecule has 8 heteroatoms. The molecule has 3 heterocycles. The van der Waals surface area contributed by atoms with Crippen molar-refractivity contribution >= 4 is 12.2 Å². The lowest BCUT2D eigenvalue weighted by Crippen LogP contribution is -2.42. The van der Waals surface area contributed by atoms with Gasteiger partial charge in [-0.1, -0.05) is 0 Å². The molecule has 3 rings (SSSR count). The summed E-state index contributed by atoms with van der Waals surface area (Å²) in [4.78, 5) is 26.5. The largest absolute Gasteiger partial charge is 0.444 e. The van der Waals surface area contributed by atoms with Gasteiger partial charge in [0.05, 0.1) is 17.9 Å². The number of likely N-dealkylation sites (tertiary alicyclic amines) is 1. The lowest BCUT2D eigenvalue weighted by molar-refractivity contribution is 0.0184. The van der Waals surface area contributed by atoms with Gasteiger partial charge in [-0.25, -0.2) is 9.59 Å². The minimum Gasteiger partial charge on any atom is -0.444 e. The Morgan fingerprint density at radius 2 is 1.60 bits per heavy atom. The van der Waals surface area contributed by atoms with E-state index in [1.54, 1.807) is 17.3 Å². The molecule has 0 spiro atoms. The molecular formula is C22H32N4O4. The summed E-state index contributed by atoms with van der Waals surface area (Å²) in [6.45, 7) is 12.4. The monoisotopic (exact) mass is 416 g/mol. The molecule has 0 unspecified atom stereocenters. The fraction of sp³-hybridized carbons (Fsp3) is 0.591. The molecule has 1 fully saturated rings. The maximum absolute atomic E-state index is 12.5. The van der Waals surface area contributed by atoms with Crippen LogP contribution < -0.4 is 0 Å². The molecule has 0 saturated carbocycles. The molecule has 0 atom stereocenters. The van der Waals surface area contributed by atoms with E-state index in [4.69, 9.17) is 9.47 Å². The molecule has 164 valence electrons. The molecule has 0 aromatic carbocycles. The second-order valence-corrected chi connectivity index (χ2v) is 9.65. The molecule has 30 heavy (non-hydrogen) atoms. The van der Waals surface area contributed by atoms with Gasteiger partial charge in [0.15, 0.2) is 0 Å². The minimum absolute atomic E-state index is 0.197. The Bertz CT molecular complexity index is 893. The Labute approximate surface area is 177 Å². The molecule has 0 N–H and O–H groups in total. The number of hydrogen-bond acceptors (Lipinski definition) is 5. The summed E-state index contributed by atoms with van der Waals surface area (Å²) < 4.78 is 14.4. The summed E-state index contributed by atoms with van der Waals surface area (Å²) in [5, 5.41) is 4.52. The van der Waals surface area contributed by atoms with Crippen LogP contribution in [0.1, 0.15) is 60.4 Å². The van der Waals surface area contributed by atoms with E-state index in [1.807, 2.05) is 64.6 Å². The van der Waals surface area contributed by atoms with Gasteiger partial charge in [0.2, 0.25) is 0 Å². The third kappa shape index (κ3) is 5.43. The van der Waals surface area contributed by atoms with Crippen molar-refractivity contribution in [1.82, 2.24) is 19.2 Å². The average Bonchev–Trinajstić information content (AvgIpc) is 3.28. The maximum Gasteiger partial charge on any atom is 0.418 e. The first-order chi connectivity index (χ1) is 13.9. The molecule has 2 aromatic heterocycles. The van der Waals surface area contributed by atoms with Crippen LogP contribution in [-0.4, -0.2) is 55.7 Å². The molecule has 0 bridgehead atoms. The van der Waals surface area contributed by atoms with Gasteiger partial charge in [-0.3, -0.25) is 9.25 Å². The van der Waals surface area contributed by atoms with Crippen LogP contribution in [0.2, 0.25) is 0 Å². The lowest BCUT2D eigenvalue weighted by Gasteiger charge is -2.33. The van der Waals surface area contributed by atoms with E-state index in [0.29, 0.717) is 13.1 Å². The van der Waals surface area contributed by atoms with Gasteiger partial charge < -0.3 is 14.4 Å². The maximum atomic E-state index is 12.5. The highest BCUT2D eigenvalue weighted by Gasteiger charge is 2.28. The third-order valence-corrected chi connectivity index (χ3v) is 4.73. The topological polar surface area (TPSA) is 78.6 Å². The number of nitrogens with zero attached hydrogens (tertiary/aromatic N) is 4. The molecule has 0 aliphatic carbocycles. The SMILES string of the molecule is CC(C)(C)OC(=O)N1CCC(n2cc(-c3cccn3C(=O)OC(C)(C)C)cn2)CC1. The van der Waals surface area contributed by atoms with Gasteiger partial charge in [-0.05, 0) is 66.5 Å². The van der Waals surface area contributed by atoms with Crippen molar-refractivity contribution in [2.45, 2.75) is 71.6 Å². The fourth-order valence-electron chi connectivity index (χ4n) is 3.40. The number of hydrogen-bond donors (Lipinski definition) is 0. The predicted octanol–water partition coefficient (Wildman–Crippen LogP) is 4.71. The standard InChI is InChI=1S/C22H32N4O4/c1-21(2,3)29-19(27)24-12-9-17(10-13-24)26-15-16(14-23-26)18-8-7-11-25(18)20(28)30-22(4,5)6/h7-8,11,14-15,17H,9-10,12-13H2,1-6H3. The van der Waals surface area contributed by atoms with Crippen LogP contribution in [0.5, 0.6) is 0 Å². The normalized spacial score (nSPS) is 15.9. The quantitative estimate of drug-likeness (QED) is 0.709. The Balaban J connectivity index is 1.65. The Kier molecular flexibility index (Phi) is 5.97. The van der Waals surface area contributed by atoms with Crippen molar-refractivity contribution in [1.29, 1.82) is 0 Å². The number of rotatable bonds is 2. The number of carbonyl (C=O) groups is 2. The molecule has 1 aliphatic heterocycles. The predicted molar refractivity (Wildman–Crippen MR) is 113 cm³/mol. The second kappa shape index (κ2) is 8.16.